The lowest BCUT2D eigenvalue weighted by molar-refractivity contribution is 0.0554. The van der Waals surface area contributed by atoms with Gasteiger partial charge in [-0.25, -0.2) is 0 Å². The Morgan fingerprint density at radius 2 is 2.20 bits per heavy atom. The van der Waals surface area contributed by atoms with Crippen LogP contribution in [0.2, 0.25) is 0 Å². The second-order valence-corrected chi connectivity index (χ2v) is 6.33. The molecular formula is C17H26N2O. The molecule has 3 nitrogen and oxygen atoms in total. The minimum Gasteiger partial charge on any atom is -0.493 e. The first-order valence-corrected chi connectivity index (χ1v) is 7.90. The molecule has 0 saturated carbocycles. The average molecular weight is 274 g/mol. The Labute approximate surface area is 122 Å². The summed E-state index contributed by atoms with van der Waals surface area (Å²) in [6.07, 6.45) is 2.68. The predicted molar refractivity (Wildman–Crippen MR) is 82.1 cm³/mol. The van der Waals surface area contributed by atoms with Crippen LogP contribution in [0, 0.1) is 11.8 Å². The highest BCUT2D eigenvalue weighted by molar-refractivity contribution is 5.38. The summed E-state index contributed by atoms with van der Waals surface area (Å²) < 4.78 is 5.89. The molecule has 2 aliphatic heterocycles. The highest BCUT2D eigenvalue weighted by Crippen LogP contribution is 2.40. The first-order valence-electron chi connectivity index (χ1n) is 7.90. The SMILES string of the molecule is CNCC1CCCN(C2c3ccccc3OCC2C)C1. The lowest BCUT2D eigenvalue weighted by Crippen LogP contribution is -2.45. The van der Waals surface area contributed by atoms with Crippen LogP contribution in [0.3, 0.4) is 0 Å². The Hall–Kier alpha value is -1.06. The number of benzene rings is 1. The molecule has 0 aromatic heterocycles. The third-order valence-electron chi connectivity index (χ3n) is 4.71. The van der Waals surface area contributed by atoms with Crippen molar-refractivity contribution in [1.29, 1.82) is 0 Å². The van der Waals surface area contributed by atoms with Crippen LogP contribution in [0.5, 0.6) is 5.75 Å². The van der Waals surface area contributed by atoms with Crippen molar-refractivity contribution in [3.63, 3.8) is 0 Å². The van der Waals surface area contributed by atoms with Gasteiger partial charge < -0.3 is 10.1 Å². The van der Waals surface area contributed by atoms with Crippen molar-refractivity contribution in [2.45, 2.75) is 25.8 Å². The fourth-order valence-corrected chi connectivity index (χ4v) is 3.84. The minimum absolute atomic E-state index is 0.527. The van der Waals surface area contributed by atoms with Gasteiger partial charge in [0, 0.05) is 24.1 Å². The summed E-state index contributed by atoms with van der Waals surface area (Å²) >= 11 is 0. The predicted octanol–water partition coefficient (Wildman–Crippen LogP) is 2.69. The van der Waals surface area contributed by atoms with E-state index < -0.39 is 0 Å². The number of ether oxygens (including phenoxy) is 1. The number of hydrogen-bond acceptors (Lipinski definition) is 3. The van der Waals surface area contributed by atoms with Crippen LogP contribution in [-0.4, -0.2) is 38.2 Å². The van der Waals surface area contributed by atoms with Crippen LogP contribution in [-0.2, 0) is 0 Å². The molecule has 0 aliphatic carbocycles. The third kappa shape index (κ3) is 2.70. The van der Waals surface area contributed by atoms with Crippen molar-refractivity contribution in [3.05, 3.63) is 29.8 Å². The first-order chi connectivity index (χ1) is 9.79. The molecule has 1 saturated heterocycles. The van der Waals surface area contributed by atoms with Crippen molar-refractivity contribution >= 4 is 0 Å². The van der Waals surface area contributed by atoms with Crippen molar-refractivity contribution in [3.8, 4) is 5.75 Å². The molecule has 3 rings (SSSR count). The second-order valence-electron chi connectivity index (χ2n) is 6.33. The fraction of sp³-hybridized carbons (Fsp3) is 0.647. The summed E-state index contributed by atoms with van der Waals surface area (Å²) in [7, 11) is 2.06. The van der Waals surface area contributed by atoms with E-state index in [1.54, 1.807) is 0 Å². The fourth-order valence-electron chi connectivity index (χ4n) is 3.84. The van der Waals surface area contributed by atoms with E-state index >= 15 is 0 Å². The summed E-state index contributed by atoms with van der Waals surface area (Å²) in [5, 5.41) is 3.34. The lowest BCUT2D eigenvalue weighted by Gasteiger charge is -2.43. The van der Waals surface area contributed by atoms with Gasteiger partial charge in [-0.05, 0) is 45.0 Å². The minimum atomic E-state index is 0.527. The molecule has 3 atom stereocenters. The molecule has 110 valence electrons. The number of para-hydroxylation sites is 1. The van der Waals surface area contributed by atoms with Gasteiger partial charge in [0.1, 0.15) is 5.75 Å². The number of fused-ring (bicyclic) bond motifs is 1. The number of hydrogen-bond donors (Lipinski definition) is 1. The van der Waals surface area contributed by atoms with Crippen molar-refractivity contribution in [2.75, 3.05) is 33.3 Å². The molecule has 0 radical (unpaired) electrons. The number of nitrogens with zero attached hydrogens (tertiary/aromatic N) is 1. The van der Waals surface area contributed by atoms with Crippen LogP contribution < -0.4 is 10.1 Å². The summed E-state index contributed by atoms with van der Waals surface area (Å²) in [5.41, 5.74) is 1.39. The van der Waals surface area contributed by atoms with E-state index in [0.29, 0.717) is 12.0 Å². The van der Waals surface area contributed by atoms with Gasteiger partial charge in [0.2, 0.25) is 0 Å². The van der Waals surface area contributed by atoms with Crippen LogP contribution in [0.15, 0.2) is 24.3 Å². The number of likely N-dealkylation sites (tertiary alicyclic amines) is 1. The topological polar surface area (TPSA) is 24.5 Å². The molecule has 1 aromatic rings. The third-order valence-corrected chi connectivity index (χ3v) is 4.71. The van der Waals surface area contributed by atoms with Gasteiger partial charge >= 0.3 is 0 Å². The van der Waals surface area contributed by atoms with Gasteiger partial charge in [-0.2, -0.15) is 0 Å². The van der Waals surface area contributed by atoms with Gasteiger partial charge in [-0.3, -0.25) is 4.90 Å². The van der Waals surface area contributed by atoms with Crippen molar-refractivity contribution in [1.82, 2.24) is 10.2 Å². The van der Waals surface area contributed by atoms with E-state index in [1.807, 2.05) is 0 Å². The Kier molecular flexibility index (Phi) is 4.27. The maximum absolute atomic E-state index is 5.89. The monoisotopic (exact) mass is 274 g/mol. The molecule has 0 amide bonds. The van der Waals surface area contributed by atoms with E-state index in [2.05, 4.69) is 48.5 Å². The molecule has 2 heterocycles. The zero-order valence-corrected chi connectivity index (χ0v) is 12.6. The Morgan fingerprint density at radius 1 is 1.35 bits per heavy atom. The summed E-state index contributed by atoms with van der Waals surface area (Å²) in [6, 6.07) is 9.11. The van der Waals surface area contributed by atoms with E-state index in [4.69, 9.17) is 4.74 Å². The van der Waals surface area contributed by atoms with Crippen molar-refractivity contribution in [2.24, 2.45) is 11.8 Å². The summed E-state index contributed by atoms with van der Waals surface area (Å²) in [6.45, 7) is 6.74. The maximum Gasteiger partial charge on any atom is 0.124 e. The molecule has 1 fully saturated rings. The van der Waals surface area contributed by atoms with E-state index in [0.717, 1.165) is 24.8 Å². The number of piperidine rings is 1. The molecule has 0 bridgehead atoms. The van der Waals surface area contributed by atoms with Gasteiger partial charge in [-0.1, -0.05) is 25.1 Å². The van der Waals surface area contributed by atoms with Crippen LogP contribution in [0.4, 0.5) is 0 Å². The Bertz CT molecular complexity index is 446. The summed E-state index contributed by atoms with van der Waals surface area (Å²) in [4.78, 5) is 2.69. The molecule has 1 N–H and O–H groups in total. The number of nitrogens with one attached hydrogen (secondary N) is 1. The molecule has 0 spiro atoms. The average Bonchev–Trinajstić information content (AvgIpc) is 2.48. The Balaban J connectivity index is 1.81. The molecule has 3 heteroatoms. The standard InChI is InChI=1S/C17H26N2O/c1-13-12-20-16-8-4-3-7-15(16)17(13)19-9-5-6-14(11-19)10-18-2/h3-4,7-8,13-14,17-18H,5-6,9-12H2,1-2H3. The largest absolute Gasteiger partial charge is 0.493 e. The molecule has 1 aromatic carbocycles. The normalized spacial score (nSPS) is 30.6. The highest BCUT2D eigenvalue weighted by atomic mass is 16.5. The van der Waals surface area contributed by atoms with Crippen LogP contribution in [0.1, 0.15) is 31.4 Å². The maximum atomic E-state index is 5.89. The molecule has 2 aliphatic rings. The summed E-state index contributed by atoms with van der Waals surface area (Å²) in [5.74, 6) is 2.44. The van der Waals surface area contributed by atoms with Crippen LogP contribution in [0.25, 0.3) is 0 Å². The number of rotatable bonds is 3. The van der Waals surface area contributed by atoms with Crippen LogP contribution >= 0.6 is 0 Å². The van der Waals surface area contributed by atoms with Gasteiger partial charge in [0.25, 0.3) is 0 Å². The highest BCUT2D eigenvalue weighted by Gasteiger charge is 2.34. The first kappa shape index (κ1) is 13.9. The van der Waals surface area contributed by atoms with Crippen molar-refractivity contribution < 1.29 is 4.74 Å². The van der Waals surface area contributed by atoms with Gasteiger partial charge in [0.15, 0.2) is 0 Å². The van der Waals surface area contributed by atoms with Gasteiger partial charge in [0.05, 0.1) is 6.61 Å². The van der Waals surface area contributed by atoms with E-state index in [9.17, 15) is 0 Å². The molecule has 20 heavy (non-hydrogen) atoms. The molecule has 3 unspecified atom stereocenters. The van der Waals surface area contributed by atoms with E-state index in [-0.39, 0.29) is 0 Å². The Morgan fingerprint density at radius 3 is 3.05 bits per heavy atom. The van der Waals surface area contributed by atoms with E-state index in [1.165, 1.54) is 31.5 Å². The molecular weight excluding hydrogens is 248 g/mol. The zero-order chi connectivity index (χ0) is 13.9. The quantitative estimate of drug-likeness (QED) is 0.917. The van der Waals surface area contributed by atoms with Gasteiger partial charge in [-0.15, -0.1) is 0 Å². The zero-order valence-electron chi connectivity index (χ0n) is 12.6. The lowest BCUT2D eigenvalue weighted by atomic mass is 9.87. The smallest absolute Gasteiger partial charge is 0.124 e. The second kappa shape index (κ2) is 6.15.